The molecule has 0 aliphatic rings. The van der Waals surface area contributed by atoms with E-state index in [1.165, 1.54) is 38.1 Å². The maximum atomic E-state index is 12.8. The summed E-state index contributed by atoms with van der Waals surface area (Å²) in [6.45, 7) is 4.33. The van der Waals surface area contributed by atoms with E-state index < -0.39 is 10.0 Å². The molecule has 0 radical (unpaired) electrons. The highest BCUT2D eigenvalue weighted by Gasteiger charge is 2.23. The Labute approximate surface area is 159 Å². The van der Waals surface area contributed by atoms with Crippen molar-refractivity contribution in [1.82, 2.24) is 9.29 Å². The minimum absolute atomic E-state index is 0.0181. The number of pyridine rings is 1. The van der Waals surface area contributed by atoms with E-state index in [-0.39, 0.29) is 16.1 Å². The van der Waals surface area contributed by atoms with Crippen molar-refractivity contribution in [3.8, 4) is 0 Å². The highest BCUT2D eigenvalue weighted by atomic mass is 32.2. The average molecular weight is 394 g/mol. The molecule has 140 valence electrons. The van der Waals surface area contributed by atoms with Gasteiger partial charge in [0.2, 0.25) is 15.9 Å². The van der Waals surface area contributed by atoms with Crippen LogP contribution in [0.25, 0.3) is 0 Å². The summed E-state index contributed by atoms with van der Waals surface area (Å²) in [5, 5.41) is 0.256. The second-order valence-corrected chi connectivity index (χ2v) is 9.31. The van der Waals surface area contributed by atoms with Crippen LogP contribution in [0.2, 0.25) is 0 Å². The minimum Gasteiger partial charge on any atom is -0.312 e. The Balaban J connectivity index is 2.11. The monoisotopic (exact) mass is 393 g/mol. The zero-order valence-corrected chi connectivity index (χ0v) is 16.9. The largest absolute Gasteiger partial charge is 0.312 e. The summed E-state index contributed by atoms with van der Waals surface area (Å²) < 4.78 is 25.3. The molecule has 0 bridgehead atoms. The van der Waals surface area contributed by atoms with Crippen molar-refractivity contribution in [3.05, 3.63) is 48.7 Å². The number of thioether (sulfide) groups is 1. The van der Waals surface area contributed by atoms with Crippen LogP contribution in [0.15, 0.2) is 58.6 Å². The lowest BCUT2D eigenvalue weighted by molar-refractivity contribution is -0.117. The molecular weight excluding hydrogens is 370 g/mol. The molecule has 26 heavy (non-hydrogen) atoms. The fraction of sp³-hybridized carbons (Fsp3) is 0.333. The molecule has 0 saturated carbocycles. The van der Waals surface area contributed by atoms with Gasteiger partial charge in [0.15, 0.2) is 0 Å². The predicted molar refractivity (Wildman–Crippen MR) is 105 cm³/mol. The quantitative estimate of drug-likeness (QED) is 0.677. The van der Waals surface area contributed by atoms with Gasteiger partial charge in [-0.25, -0.2) is 17.7 Å². The smallest absolute Gasteiger partial charge is 0.244 e. The standard InChI is InChI=1S/C18H23N3O3S2/c1-5-21(15-9-7-6-8-10-15)18(22)14(2)25-17-12-11-16(13-19-17)26(23,24)20(3)4/h6-14H,5H2,1-4H3/t14-/m1/s1. The first-order chi connectivity index (χ1) is 12.3. The topological polar surface area (TPSA) is 70.6 Å². The number of amides is 1. The van der Waals surface area contributed by atoms with Crippen LogP contribution < -0.4 is 4.90 Å². The Morgan fingerprint density at radius 1 is 1.15 bits per heavy atom. The van der Waals surface area contributed by atoms with Crippen LogP contribution in [0.5, 0.6) is 0 Å². The van der Waals surface area contributed by atoms with Crippen molar-refractivity contribution in [2.24, 2.45) is 0 Å². The van der Waals surface area contributed by atoms with Gasteiger partial charge < -0.3 is 4.90 Å². The average Bonchev–Trinajstić information content (AvgIpc) is 2.63. The fourth-order valence-electron chi connectivity index (χ4n) is 2.32. The summed E-state index contributed by atoms with van der Waals surface area (Å²) in [5.74, 6) is -0.0181. The van der Waals surface area contributed by atoms with E-state index in [0.29, 0.717) is 11.6 Å². The van der Waals surface area contributed by atoms with Gasteiger partial charge in [-0.1, -0.05) is 30.0 Å². The third kappa shape index (κ3) is 4.63. The Morgan fingerprint density at radius 2 is 1.81 bits per heavy atom. The highest BCUT2D eigenvalue weighted by Crippen LogP contribution is 2.26. The van der Waals surface area contributed by atoms with Crippen molar-refractivity contribution in [2.75, 3.05) is 25.5 Å². The first-order valence-corrected chi connectivity index (χ1v) is 10.5. The number of sulfonamides is 1. The SMILES string of the molecule is CCN(C(=O)[C@@H](C)Sc1ccc(S(=O)(=O)N(C)C)cn1)c1ccccc1. The van der Waals surface area contributed by atoms with Gasteiger partial charge in [-0.3, -0.25) is 4.79 Å². The molecular formula is C18H23N3O3S2. The highest BCUT2D eigenvalue weighted by molar-refractivity contribution is 8.00. The van der Waals surface area contributed by atoms with E-state index >= 15 is 0 Å². The molecule has 6 nitrogen and oxygen atoms in total. The number of para-hydroxylation sites is 1. The summed E-state index contributed by atoms with van der Waals surface area (Å²) in [5.41, 5.74) is 0.854. The Kier molecular flexibility index (Phi) is 6.80. The number of aromatic nitrogens is 1. The molecule has 0 unspecified atom stereocenters. The second kappa shape index (κ2) is 8.66. The number of benzene rings is 1. The van der Waals surface area contributed by atoms with Crippen molar-refractivity contribution < 1.29 is 13.2 Å². The maximum absolute atomic E-state index is 12.8. The number of anilines is 1. The van der Waals surface area contributed by atoms with Gasteiger partial charge >= 0.3 is 0 Å². The maximum Gasteiger partial charge on any atom is 0.244 e. The molecule has 0 aliphatic carbocycles. The zero-order chi connectivity index (χ0) is 19.3. The first-order valence-electron chi connectivity index (χ1n) is 8.19. The molecule has 0 fully saturated rings. The molecule has 0 spiro atoms. The van der Waals surface area contributed by atoms with Crippen LogP contribution in [-0.2, 0) is 14.8 Å². The van der Waals surface area contributed by atoms with Crippen molar-refractivity contribution >= 4 is 33.4 Å². The van der Waals surface area contributed by atoms with Gasteiger partial charge in [0.25, 0.3) is 0 Å². The normalized spacial score (nSPS) is 12.8. The second-order valence-electron chi connectivity index (χ2n) is 5.80. The summed E-state index contributed by atoms with van der Waals surface area (Å²) in [6, 6.07) is 12.6. The summed E-state index contributed by atoms with van der Waals surface area (Å²) in [7, 11) is -0.558. The number of carbonyl (C=O) groups is 1. The molecule has 8 heteroatoms. The van der Waals surface area contributed by atoms with Crippen molar-refractivity contribution in [1.29, 1.82) is 0 Å². The van der Waals surface area contributed by atoms with Crippen LogP contribution in [-0.4, -0.2) is 49.5 Å². The number of hydrogen-bond donors (Lipinski definition) is 0. The molecule has 0 saturated heterocycles. The summed E-state index contributed by atoms with van der Waals surface area (Å²) in [4.78, 5) is 18.8. The van der Waals surface area contributed by atoms with Crippen LogP contribution in [0.1, 0.15) is 13.8 Å². The Hall–Kier alpha value is -1.90. The van der Waals surface area contributed by atoms with Gasteiger partial charge in [-0.2, -0.15) is 0 Å². The molecule has 2 rings (SSSR count). The van der Waals surface area contributed by atoms with E-state index in [2.05, 4.69) is 4.98 Å². The molecule has 0 N–H and O–H groups in total. The predicted octanol–water partition coefficient (Wildman–Crippen LogP) is 2.87. The molecule has 1 aromatic heterocycles. The van der Waals surface area contributed by atoms with Gasteiger partial charge in [0, 0.05) is 32.5 Å². The van der Waals surface area contributed by atoms with Gasteiger partial charge in [-0.05, 0) is 38.1 Å². The van der Waals surface area contributed by atoms with Gasteiger partial charge in [0.1, 0.15) is 4.90 Å². The number of nitrogens with zero attached hydrogens (tertiary/aromatic N) is 3. The zero-order valence-electron chi connectivity index (χ0n) is 15.3. The van der Waals surface area contributed by atoms with E-state index in [1.54, 1.807) is 11.0 Å². The number of hydrogen-bond acceptors (Lipinski definition) is 5. The van der Waals surface area contributed by atoms with E-state index in [4.69, 9.17) is 0 Å². The van der Waals surface area contributed by atoms with Crippen molar-refractivity contribution in [2.45, 2.75) is 29.0 Å². The van der Waals surface area contributed by atoms with Crippen LogP contribution in [0, 0.1) is 0 Å². The van der Waals surface area contributed by atoms with Crippen LogP contribution >= 0.6 is 11.8 Å². The van der Waals surface area contributed by atoms with Crippen LogP contribution in [0.3, 0.4) is 0 Å². The van der Waals surface area contributed by atoms with E-state index in [1.807, 2.05) is 44.2 Å². The molecule has 1 atom stereocenters. The number of rotatable bonds is 7. The van der Waals surface area contributed by atoms with Crippen LogP contribution in [0.4, 0.5) is 5.69 Å². The lowest BCUT2D eigenvalue weighted by atomic mass is 10.2. The minimum atomic E-state index is -3.51. The summed E-state index contributed by atoms with van der Waals surface area (Å²) >= 11 is 1.31. The van der Waals surface area contributed by atoms with E-state index in [0.717, 1.165) is 9.99 Å². The van der Waals surface area contributed by atoms with Crippen molar-refractivity contribution in [3.63, 3.8) is 0 Å². The summed E-state index contributed by atoms with van der Waals surface area (Å²) in [6.07, 6.45) is 1.32. The third-order valence-corrected chi connectivity index (χ3v) is 6.62. The third-order valence-electron chi connectivity index (χ3n) is 3.78. The molecule has 0 aliphatic heterocycles. The van der Waals surface area contributed by atoms with E-state index in [9.17, 15) is 13.2 Å². The molecule has 1 aromatic carbocycles. The fourth-order valence-corrected chi connectivity index (χ4v) is 4.02. The molecule has 2 aromatic rings. The lowest BCUT2D eigenvalue weighted by Gasteiger charge is -2.24. The van der Waals surface area contributed by atoms with Gasteiger partial charge in [-0.15, -0.1) is 0 Å². The number of carbonyl (C=O) groups excluding carboxylic acids is 1. The Bertz CT molecular complexity index is 838. The molecule has 1 amide bonds. The first kappa shape index (κ1) is 20.4. The molecule has 1 heterocycles. The van der Waals surface area contributed by atoms with Gasteiger partial charge in [0.05, 0.1) is 10.3 Å². The lowest BCUT2D eigenvalue weighted by Crippen LogP contribution is -2.36. The Morgan fingerprint density at radius 3 is 2.31 bits per heavy atom.